The number of rotatable bonds is 4. The minimum atomic E-state index is -3.81. The van der Waals surface area contributed by atoms with Crippen LogP contribution in [-0.4, -0.2) is 18.4 Å². The molecule has 0 aliphatic heterocycles. The van der Waals surface area contributed by atoms with Crippen LogP contribution in [0.3, 0.4) is 0 Å². The van der Waals surface area contributed by atoms with E-state index in [1.807, 2.05) is 30.3 Å². The molecule has 1 aliphatic rings. The van der Waals surface area contributed by atoms with Gasteiger partial charge in [0.1, 0.15) is 5.82 Å². The second-order valence-corrected chi connectivity index (χ2v) is 9.36. The van der Waals surface area contributed by atoms with Gasteiger partial charge in [-0.05, 0) is 53.8 Å². The quantitative estimate of drug-likeness (QED) is 0.494. The first-order chi connectivity index (χ1) is 13.9. The molecule has 5 rings (SSSR count). The predicted octanol–water partition coefficient (Wildman–Crippen LogP) is 4.80. The van der Waals surface area contributed by atoms with E-state index in [-0.39, 0.29) is 4.90 Å². The number of aromatic nitrogens is 2. The zero-order valence-electron chi connectivity index (χ0n) is 15.3. The summed E-state index contributed by atoms with van der Waals surface area (Å²) in [5.41, 5.74) is 4.37. The highest BCUT2D eigenvalue weighted by atomic mass is 35.5. The molecule has 0 bridgehead atoms. The van der Waals surface area contributed by atoms with Crippen LogP contribution in [0, 0.1) is 0 Å². The van der Waals surface area contributed by atoms with Gasteiger partial charge in [-0.25, -0.2) is 18.5 Å². The molecule has 0 spiro atoms. The number of nitrogens with one attached hydrogen (secondary N) is 1. The van der Waals surface area contributed by atoms with Gasteiger partial charge < -0.3 is 4.98 Å². The molecular formula is C22H18ClN3O2S. The molecule has 2 atom stereocenters. The molecule has 3 N–H and O–H groups in total. The molecular weight excluding hydrogens is 406 g/mol. The van der Waals surface area contributed by atoms with Crippen LogP contribution in [0.4, 0.5) is 0 Å². The van der Waals surface area contributed by atoms with E-state index in [2.05, 4.69) is 17.1 Å². The van der Waals surface area contributed by atoms with Crippen LogP contribution in [0.2, 0.25) is 5.02 Å². The summed E-state index contributed by atoms with van der Waals surface area (Å²) >= 11 is 5.98. The van der Waals surface area contributed by atoms with E-state index in [0.29, 0.717) is 17.4 Å². The lowest BCUT2D eigenvalue weighted by atomic mass is 10.1. The molecule has 0 saturated heterocycles. The number of nitrogens with zero attached hydrogens (tertiary/aromatic N) is 1. The number of aromatic amines is 1. The van der Waals surface area contributed by atoms with Gasteiger partial charge in [0.2, 0.25) is 10.0 Å². The largest absolute Gasteiger partial charge is 0.342 e. The molecule has 0 amide bonds. The van der Waals surface area contributed by atoms with Crippen molar-refractivity contribution >= 4 is 32.7 Å². The van der Waals surface area contributed by atoms with Gasteiger partial charge in [0.05, 0.1) is 15.9 Å². The second-order valence-electron chi connectivity index (χ2n) is 7.40. The number of H-pyrrole nitrogens is 1. The normalized spacial score (nSPS) is 18.8. The molecule has 2 unspecified atom stereocenters. The number of fused-ring (bicyclic) bond motifs is 1. The van der Waals surface area contributed by atoms with Crippen molar-refractivity contribution in [2.24, 2.45) is 5.14 Å². The molecule has 1 heterocycles. The lowest BCUT2D eigenvalue weighted by molar-refractivity contribution is 0.598. The van der Waals surface area contributed by atoms with Gasteiger partial charge in [-0.3, -0.25) is 0 Å². The number of hydrogen-bond donors (Lipinski definition) is 2. The predicted molar refractivity (Wildman–Crippen MR) is 114 cm³/mol. The molecule has 4 aromatic rings. The summed E-state index contributed by atoms with van der Waals surface area (Å²) in [5.74, 6) is 1.75. The van der Waals surface area contributed by atoms with Crippen LogP contribution in [-0.2, 0) is 10.0 Å². The van der Waals surface area contributed by atoms with Crippen molar-refractivity contribution in [3.8, 4) is 11.1 Å². The van der Waals surface area contributed by atoms with Gasteiger partial charge in [0.15, 0.2) is 0 Å². The number of halogens is 1. The maximum Gasteiger partial charge on any atom is 0.238 e. The van der Waals surface area contributed by atoms with Gasteiger partial charge in [-0.15, -0.1) is 0 Å². The van der Waals surface area contributed by atoms with Gasteiger partial charge in [-0.2, -0.15) is 0 Å². The Hall–Kier alpha value is -2.67. The average Bonchev–Trinajstić information content (AvgIpc) is 3.39. The lowest BCUT2D eigenvalue weighted by Crippen LogP contribution is -2.13. The standard InChI is InChI=1S/C22H18ClN3O2S/c23-15-8-5-13(6-9-15)17-12-18(17)22-25-19-10-7-14(11-20(19)26-22)16-3-1-2-4-21(16)29(24,27)28/h1-11,17-18H,12H2,(H,25,26)(H2,24,27,28). The van der Waals surface area contributed by atoms with E-state index >= 15 is 0 Å². The topological polar surface area (TPSA) is 88.8 Å². The number of nitrogens with two attached hydrogens (primary N) is 1. The molecule has 1 saturated carbocycles. The molecule has 0 radical (unpaired) electrons. The van der Waals surface area contributed by atoms with Crippen molar-refractivity contribution in [2.45, 2.75) is 23.2 Å². The SMILES string of the molecule is NS(=O)(=O)c1ccccc1-c1ccc2nc(C3CC3c3ccc(Cl)cc3)[nH]c2c1. The third-order valence-corrected chi connectivity index (χ3v) is 6.67. The van der Waals surface area contributed by atoms with Crippen LogP contribution in [0.5, 0.6) is 0 Å². The fourth-order valence-electron chi connectivity index (χ4n) is 3.90. The maximum atomic E-state index is 11.9. The molecule has 146 valence electrons. The Bertz CT molecular complexity index is 1330. The van der Waals surface area contributed by atoms with Crippen LogP contribution in [0.15, 0.2) is 71.6 Å². The van der Waals surface area contributed by atoms with Crippen LogP contribution in [0.1, 0.15) is 29.6 Å². The first kappa shape index (κ1) is 18.4. The fraction of sp³-hybridized carbons (Fsp3) is 0.136. The fourth-order valence-corrected chi connectivity index (χ4v) is 4.79. The molecule has 5 nitrogen and oxygen atoms in total. The Morgan fingerprint density at radius 2 is 1.76 bits per heavy atom. The summed E-state index contributed by atoms with van der Waals surface area (Å²) in [7, 11) is -3.81. The minimum Gasteiger partial charge on any atom is -0.342 e. The number of primary sulfonamides is 1. The molecule has 1 aromatic heterocycles. The highest BCUT2D eigenvalue weighted by molar-refractivity contribution is 7.89. The highest BCUT2D eigenvalue weighted by Crippen LogP contribution is 2.54. The molecule has 3 aromatic carbocycles. The minimum absolute atomic E-state index is 0.115. The number of imidazole rings is 1. The van der Waals surface area contributed by atoms with E-state index in [9.17, 15) is 8.42 Å². The maximum absolute atomic E-state index is 11.9. The monoisotopic (exact) mass is 423 g/mol. The Morgan fingerprint density at radius 1 is 1.00 bits per heavy atom. The van der Waals surface area contributed by atoms with Crippen molar-refractivity contribution < 1.29 is 8.42 Å². The Labute approximate surface area is 173 Å². The van der Waals surface area contributed by atoms with Crippen molar-refractivity contribution in [1.82, 2.24) is 9.97 Å². The van der Waals surface area contributed by atoms with Crippen LogP contribution < -0.4 is 5.14 Å². The summed E-state index contributed by atoms with van der Waals surface area (Å²) in [6.07, 6.45) is 1.04. The second kappa shape index (κ2) is 6.69. The zero-order chi connectivity index (χ0) is 20.2. The van der Waals surface area contributed by atoms with Gasteiger partial charge in [0, 0.05) is 16.5 Å². The first-order valence-electron chi connectivity index (χ1n) is 9.27. The summed E-state index contributed by atoms with van der Waals surface area (Å²) in [5, 5.41) is 6.12. The highest BCUT2D eigenvalue weighted by Gasteiger charge is 2.41. The zero-order valence-corrected chi connectivity index (χ0v) is 16.9. The Kier molecular flexibility index (Phi) is 4.24. The van der Waals surface area contributed by atoms with E-state index in [1.54, 1.807) is 18.2 Å². The summed E-state index contributed by atoms with van der Waals surface area (Å²) < 4.78 is 23.9. The van der Waals surface area contributed by atoms with Crippen molar-refractivity contribution in [2.75, 3.05) is 0 Å². The summed E-state index contributed by atoms with van der Waals surface area (Å²) in [6, 6.07) is 20.4. The first-order valence-corrected chi connectivity index (χ1v) is 11.2. The third-order valence-electron chi connectivity index (χ3n) is 5.44. The molecule has 29 heavy (non-hydrogen) atoms. The lowest BCUT2D eigenvalue weighted by Gasteiger charge is -2.07. The van der Waals surface area contributed by atoms with E-state index < -0.39 is 10.0 Å². The van der Waals surface area contributed by atoms with E-state index in [4.69, 9.17) is 21.7 Å². The van der Waals surface area contributed by atoms with Crippen molar-refractivity contribution in [3.63, 3.8) is 0 Å². The van der Waals surface area contributed by atoms with Gasteiger partial charge >= 0.3 is 0 Å². The third kappa shape index (κ3) is 3.44. The van der Waals surface area contributed by atoms with Crippen LogP contribution >= 0.6 is 11.6 Å². The van der Waals surface area contributed by atoms with Gasteiger partial charge in [0.25, 0.3) is 0 Å². The Morgan fingerprint density at radius 3 is 2.52 bits per heavy atom. The van der Waals surface area contributed by atoms with Crippen molar-refractivity contribution in [3.05, 3.63) is 83.1 Å². The number of sulfonamides is 1. The van der Waals surface area contributed by atoms with Gasteiger partial charge in [-0.1, -0.05) is 48.0 Å². The molecule has 1 aliphatic carbocycles. The Balaban J connectivity index is 1.49. The number of hydrogen-bond acceptors (Lipinski definition) is 3. The summed E-state index contributed by atoms with van der Waals surface area (Å²) in [6.45, 7) is 0. The molecule has 7 heteroatoms. The van der Waals surface area contributed by atoms with Crippen molar-refractivity contribution in [1.29, 1.82) is 0 Å². The van der Waals surface area contributed by atoms with E-state index in [1.165, 1.54) is 11.6 Å². The summed E-state index contributed by atoms with van der Waals surface area (Å²) in [4.78, 5) is 8.28. The number of benzene rings is 3. The molecule has 1 fully saturated rings. The average molecular weight is 424 g/mol. The van der Waals surface area contributed by atoms with E-state index in [0.717, 1.165) is 33.9 Å². The van der Waals surface area contributed by atoms with Crippen LogP contribution in [0.25, 0.3) is 22.2 Å². The smallest absolute Gasteiger partial charge is 0.238 e.